The van der Waals surface area contributed by atoms with Crippen LogP contribution in [0.2, 0.25) is 0 Å². The van der Waals surface area contributed by atoms with E-state index in [0.717, 1.165) is 16.7 Å². The zero-order valence-electron chi connectivity index (χ0n) is 15.9. The van der Waals surface area contributed by atoms with Gasteiger partial charge in [0.15, 0.2) is 0 Å². The average molecular weight is 371 g/mol. The number of nitrogens with one attached hydrogen (secondary N) is 1. The van der Waals surface area contributed by atoms with Crippen molar-refractivity contribution in [1.29, 1.82) is 0 Å². The van der Waals surface area contributed by atoms with Crippen LogP contribution in [0, 0.1) is 13.8 Å². The Bertz CT molecular complexity index is 846. The molecule has 2 atom stereocenters. The summed E-state index contributed by atoms with van der Waals surface area (Å²) in [4.78, 5) is 22.5. The molecule has 2 aromatic rings. The number of hydrogen-bond acceptors (Lipinski definition) is 5. The molecule has 0 bridgehead atoms. The lowest BCUT2D eigenvalue weighted by Crippen LogP contribution is -2.33. The number of amides is 2. The number of cyclic esters (lactones) is 1. The maximum Gasteiger partial charge on any atom is 0.415 e. The summed E-state index contributed by atoms with van der Waals surface area (Å²) in [6.07, 6.45) is -0.691. The number of imide groups is 1. The predicted octanol–water partition coefficient (Wildman–Crippen LogP) is 2.67. The number of hydrogen-bond donors (Lipinski definition) is 3. The summed E-state index contributed by atoms with van der Waals surface area (Å²) in [5, 5.41) is 20.7. The topological polar surface area (TPSA) is 95.9 Å². The van der Waals surface area contributed by atoms with Crippen molar-refractivity contribution in [2.24, 2.45) is 0 Å². The molecule has 6 heteroatoms. The highest BCUT2D eigenvalue weighted by atomic mass is 16.6. The minimum Gasteiger partial charge on any atom is -0.428 e. The van der Waals surface area contributed by atoms with Gasteiger partial charge in [-0.25, -0.2) is 4.79 Å². The zero-order chi connectivity index (χ0) is 20.2. The number of aliphatic hydroxyl groups is 2. The maximum atomic E-state index is 11.6. The summed E-state index contributed by atoms with van der Waals surface area (Å²) in [6.45, 7) is 6.80. The molecule has 3 rings (SSSR count). The molecule has 0 aliphatic carbocycles. The van der Waals surface area contributed by atoms with Crippen molar-refractivity contribution >= 4 is 12.0 Å². The van der Waals surface area contributed by atoms with Crippen molar-refractivity contribution in [3.8, 4) is 0 Å². The third-order valence-electron chi connectivity index (χ3n) is 4.46. The van der Waals surface area contributed by atoms with Crippen LogP contribution in [-0.2, 0) is 20.7 Å². The molecule has 0 radical (unpaired) electrons. The molecule has 0 saturated carbocycles. The molecular formula is C21H25NO5. The molecule has 1 heterocycles. The van der Waals surface area contributed by atoms with Crippen LogP contribution in [0.3, 0.4) is 0 Å². The Morgan fingerprint density at radius 1 is 1.07 bits per heavy atom. The monoisotopic (exact) mass is 371 g/mol. The molecule has 2 aromatic carbocycles. The second kappa shape index (κ2) is 7.90. The molecule has 0 unspecified atom stereocenters. The van der Waals surface area contributed by atoms with Gasteiger partial charge in [-0.2, -0.15) is 0 Å². The zero-order valence-corrected chi connectivity index (χ0v) is 15.9. The second-order valence-electron chi connectivity index (χ2n) is 7.05. The molecule has 144 valence electrons. The summed E-state index contributed by atoms with van der Waals surface area (Å²) >= 11 is 0. The number of carbonyl (C=O) groups is 2. The van der Waals surface area contributed by atoms with Crippen LogP contribution in [0.5, 0.6) is 0 Å². The van der Waals surface area contributed by atoms with E-state index in [2.05, 4.69) is 5.32 Å². The lowest BCUT2D eigenvalue weighted by atomic mass is 9.94. The fourth-order valence-electron chi connectivity index (χ4n) is 2.67. The summed E-state index contributed by atoms with van der Waals surface area (Å²) in [5.74, 6) is -0.418. The smallest absolute Gasteiger partial charge is 0.415 e. The summed E-state index contributed by atoms with van der Waals surface area (Å²) in [5.41, 5.74) is 1.23. The molecule has 0 aromatic heterocycles. The Kier molecular flexibility index (Phi) is 6.03. The van der Waals surface area contributed by atoms with E-state index in [9.17, 15) is 14.7 Å². The number of carbonyl (C=O) groups excluding carboxylic acids is 2. The van der Waals surface area contributed by atoms with Crippen LogP contribution < -0.4 is 5.32 Å². The number of aryl methyl sites for hydroxylation is 2. The Morgan fingerprint density at radius 2 is 1.67 bits per heavy atom. The van der Waals surface area contributed by atoms with Crippen LogP contribution in [0.15, 0.2) is 48.5 Å². The van der Waals surface area contributed by atoms with E-state index in [-0.39, 0.29) is 6.61 Å². The number of ether oxygens (including phenoxy) is 1. The van der Waals surface area contributed by atoms with E-state index in [1.807, 2.05) is 56.3 Å². The highest BCUT2D eigenvalue weighted by Gasteiger charge is 2.46. The molecular weight excluding hydrogens is 346 g/mol. The van der Waals surface area contributed by atoms with Crippen molar-refractivity contribution in [1.82, 2.24) is 5.32 Å². The third-order valence-corrected chi connectivity index (χ3v) is 4.46. The van der Waals surface area contributed by atoms with Gasteiger partial charge < -0.3 is 14.9 Å². The largest absolute Gasteiger partial charge is 0.428 e. The molecule has 1 fully saturated rings. The molecule has 3 N–H and O–H groups in total. The standard InChI is InChI=1S/C11H11NO3.C10H14O2/c1-7-4-3-5-8(6-7)11(2)9(13)12-10(14)15-11;1-8-4-3-5-9(6-8)10(2,12)7-11/h3-6H,1-2H3,(H,12,13,14);3-6,11-12H,7H2,1-2H3/t11-;10-/m10/s1. The first-order valence-electron chi connectivity index (χ1n) is 8.60. The Labute approximate surface area is 158 Å². The first kappa shape index (κ1) is 20.6. The third kappa shape index (κ3) is 4.72. The van der Waals surface area contributed by atoms with E-state index >= 15 is 0 Å². The van der Waals surface area contributed by atoms with E-state index in [0.29, 0.717) is 5.56 Å². The molecule has 27 heavy (non-hydrogen) atoms. The van der Waals surface area contributed by atoms with Crippen molar-refractivity contribution in [3.05, 3.63) is 70.8 Å². The van der Waals surface area contributed by atoms with Crippen LogP contribution in [0.4, 0.5) is 4.79 Å². The molecule has 1 aliphatic rings. The maximum absolute atomic E-state index is 11.6. The first-order valence-corrected chi connectivity index (χ1v) is 8.60. The van der Waals surface area contributed by atoms with Gasteiger partial charge in [-0.3, -0.25) is 10.1 Å². The van der Waals surface area contributed by atoms with E-state index < -0.39 is 23.2 Å². The normalized spacial score (nSPS) is 20.8. The molecule has 1 saturated heterocycles. The summed E-state index contributed by atoms with van der Waals surface area (Å²) < 4.78 is 5.00. The van der Waals surface area contributed by atoms with Gasteiger partial charge in [0.25, 0.3) is 5.91 Å². The van der Waals surface area contributed by atoms with Crippen LogP contribution in [-0.4, -0.2) is 28.8 Å². The SMILES string of the molecule is Cc1cccc([C@@](C)(O)CO)c1.Cc1cccc([C@@]2(C)OC(=O)NC2=O)c1. The van der Waals surface area contributed by atoms with E-state index in [1.165, 1.54) is 0 Å². The second-order valence-corrected chi connectivity index (χ2v) is 7.05. The van der Waals surface area contributed by atoms with Crippen molar-refractivity contribution < 1.29 is 24.5 Å². The molecule has 2 amide bonds. The fraction of sp³-hybridized carbons (Fsp3) is 0.333. The average Bonchev–Trinajstić information content (AvgIpc) is 2.88. The first-order chi connectivity index (χ1) is 12.6. The van der Waals surface area contributed by atoms with Gasteiger partial charge in [0.1, 0.15) is 5.60 Å². The van der Waals surface area contributed by atoms with Crippen molar-refractivity contribution in [2.45, 2.75) is 38.9 Å². The minimum atomic E-state index is -1.19. The number of rotatable bonds is 3. The van der Waals surface area contributed by atoms with E-state index in [4.69, 9.17) is 9.84 Å². The van der Waals surface area contributed by atoms with Crippen molar-refractivity contribution in [2.75, 3.05) is 6.61 Å². The van der Waals surface area contributed by atoms with Crippen molar-refractivity contribution in [3.63, 3.8) is 0 Å². The summed E-state index contributed by atoms with van der Waals surface area (Å²) in [6, 6.07) is 14.9. The van der Waals surface area contributed by atoms with Crippen LogP contribution >= 0.6 is 0 Å². The number of alkyl carbamates (subject to hydrolysis) is 1. The molecule has 6 nitrogen and oxygen atoms in total. The van der Waals surface area contributed by atoms with Crippen LogP contribution in [0.1, 0.15) is 36.1 Å². The van der Waals surface area contributed by atoms with Gasteiger partial charge in [-0.05, 0) is 33.3 Å². The Morgan fingerprint density at radius 3 is 2.15 bits per heavy atom. The molecule has 1 aliphatic heterocycles. The van der Waals surface area contributed by atoms with Gasteiger partial charge in [0.05, 0.1) is 6.61 Å². The van der Waals surface area contributed by atoms with E-state index in [1.54, 1.807) is 19.9 Å². The predicted molar refractivity (Wildman–Crippen MR) is 101 cm³/mol. The highest BCUT2D eigenvalue weighted by Crippen LogP contribution is 2.29. The Hall–Kier alpha value is -2.70. The van der Waals surface area contributed by atoms with Gasteiger partial charge in [-0.15, -0.1) is 0 Å². The quantitative estimate of drug-likeness (QED) is 0.771. The fourth-order valence-corrected chi connectivity index (χ4v) is 2.67. The lowest BCUT2D eigenvalue weighted by molar-refractivity contribution is -0.130. The molecule has 0 spiro atoms. The van der Waals surface area contributed by atoms with Gasteiger partial charge in [-0.1, -0.05) is 59.7 Å². The minimum absolute atomic E-state index is 0.254. The highest BCUT2D eigenvalue weighted by molar-refractivity contribution is 6.03. The Balaban J connectivity index is 0.000000199. The number of benzene rings is 2. The number of aliphatic hydroxyl groups excluding tert-OH is 1. The lowest BCUT2D eigenvalue weighted by Gasteiger charge is -2.20. The summed E-state index contributed by atoms with van der Waals surface area (Å²) in [7, 11) is 0. The van der Waals surface area contributed by atoms with Gasteiger partial charge >= 0.3 is 6.09 Å². The van der Waals surface area contributed by atoms with Gasteiger partial charge in [0, 0.05) is 5.56 Å². The van der Waals surface area contributed by atoms with Gasteiger partial charge in [0.2, 0.25) is 5.60 Å². The van der Waals surface area contributed by atoms with Crippen LogP contribution in [0.25, 0.3) is 0 Å².